The summed E-state index contributed by atoms with van der Waals surface area (Å²) >= 11 is 5.88. The molecule has 0 spiro atoms. The van der Waals surface area contributed by atoms with Crippen molar-refractivity contribution in [1.82, 2.24) is 14.7 Å². The Labute approximate surface area is 169 Å². The molecule has 0 saturated carbocycles. The summed E-state index contributed by atoms with van der Waals surface area (Å²) in [6, 6.07) is 17.2. The van der Waals surface area contributed by atoms with Crippen LogP contribution in [0.1, 0.15) is 28.2 Å². The van der Waals surface area contributed by atoms with E-state index in [0.717, 1.165) is 42.0 Å². The van der Waals surface area contributed by atoms with E-state index in [1.165, 1.54) is 0 Å². The van der Waals surface area contributed by atoms with Gasteiger partial charge in [-0.3, -0.25) is 4.79 Å². The second-order valence-corrected chi connectivity index (χ2v) is 7.34. The Morgan fingerprint density at radius 2 is 1.89 bits per heavy atom. The van der Waals surface area contributed by atoms with Crippen molar-refractivity contribution in [3.05, 3.63) is 76.6 Å². The molecule has 4 rings (SSSR count). The van der Waals surface area contributed by atoms with Gasteiger partial charge in [0, 0.05) is 23.3 Å². The Morgan fingerprint density at radius 1 is 1.14 bits per heavy atom. The highest BCUT2D eigenvalue weighted by Crippen LogP contribution is 2.28. The van der Waals surface area contributed by atoms with Gasteiger partial charge in [0.25, 0.3) is 5.91 Å². The third-order valence-electron chi connectivity index (χ3n) is 4.99. The van der Waals surface area contributed by atoms with Crippen LogP contribution >= 0.6 is 11.6 Å². The maximum absolute atomic E-state index is 13.0. The largest absolute Gasteiger partial charge is 0.492 e. The lowest BCUT2D eigenvalue weighted by Gasteiger charge is -2.17. The SMILES string of the molecule is CN(CCOc1ccc(Cl)cc1)C(=O)c1nn(-c2ccccc2)c2c1CCC2. The van der Waals surface area contributed by atoms with Gasteiger partial charge >= 0.3 is 0 Å². The molecule has 28 heavy (non-hydrogen) atoms. The second-order valence-electron chi connectivity index (χ2n) is 6.90. The monoisotopic (exact) mass is 395 g/mol. The lowest BCUT2D eigenvalue weighted by atomic mass is 10.2. The maximum atomic E-state index is 13.0. The molecule has 5 nitrogen and oxygen atoms in total. The average molecular weight is 396 g/mol. The van der Waals surface area contributed by atoms with Crippen LogP contribution in [-0.2, 0) is 12.8 Å². The van der Waals surface area contributed by atoms with Gasteiger partial charge in [-0.05, 0) is 55.7 Å². The number of hydrogen-bond acceptors (Lipinski definition) is 3. The average Bonchev–Trinajstić information content (AvgIpc) is 3.32. The Morgan fingerprint density at radius 3 is 2.64 bits per heavy atom. The first-order chi connectivity index (χ1) is 13.6. The van der Waals surface area contributed by atoms with Gasteiger partial charge in [0.1, 0.15) is 12.4 Å². The molecule has 1 aromatic heterocycles. The number of hydrogen-bond donors (Lipinski definition) is 0. The number of nitrogens with zero attached hydrogens (tertiary/aromatic N) is 3. The minimum absolute atomic E-state index is 0.0625. The Hall–Kier alpha value is -2.79. The predicted octanol–water partition coefficient (Wildman–Crippen LogP) is 4.17. The van der Waals surface area contributed by atoms with Gasteiger partial charge < -0.3 is 9.64 Å². The molecule has 0 unspecified atom stereocenters. The van der Waals surface area contributed by atoms with E-state index in [2.05, 4.69) is 5.10 Å². The van der Waals surface area contributed by atoms with Crippen molar-refractivity contribution < 1.29 is 9.53 Å². The Bertz CT molecular complexity index is 967. The number of amides is 1. The number of benzene rings is 2. The van der Waals surface area contributed by atoms with Crippen LogP contribution in [0, 0.1) is 0 Å². The minimum atomic E-state index is -0.0625. The van der Waals surface area contributed by atoms with Gasteiger partial charge in [-0.1, -0.05) is 29.8 Å². The molecule has 0 aliphatic heterocycles. The highest BCUT2D eigenvalue weighted by molar-refractivity contribution is 6.30. The highest BCUT2D eigenvalue weighted by atomic mass is 35.5. The van der Waals surface area contributed by atoms with Crippen LogP contribution < -0.4 is 4.74 Å². The number of fused-ring (bicyclic) bond motifs is 1. The molecular weight excluding hydrogens is 374 g/mol. The van der Waals surface area contributed by atoms with Crippen LogP contribution in [0.25, 0.3) is 5.69 Å². The number of rotatable bonds is 6. The van der Waals surface area contributed by atoms with Crippen molar-refractivity contribution in [3.63, 3.8) is 0 Å². The topological polar surface area (TPSA) is 47.4 Å². The van der Waals surface area contributed by atoms with Crippen molar-refractivity contribution in [3.8, 4) is 11.4 Å². The zero-order valence-corrected chi connectivity index (χ0v) is 16.5. The lowest BCUT2D eigenvalue weighted by molar-refractivity contribution is 0.0766. The van der Waals surface area contributed by atoms with Crippen LogP contribution in [-0.4, -0.2) is 40.8 Å². The van der Waals surface area contributed by atoms with Gasteiger partial charge in [-0.2, -0.15) is 5.10 Å². The van der Waals surface area contributed by atoms with Gasteiger partial charge in [0.2, 0.25) is 0 Å². The van der Waals surface area contributed by atoms with Crippen molar-refractivity contribution >= 4 is 17.5 Å². The summed E-state index contributed by atoms with van der Waals surface area (Å²) in [6.07, 6.45) is 2.91. The van der Waals surface area contributed by atoms with Crippen LogP contribution in [0.15, 0.2) is 54.6 Å². The molecule has 0 radical (unpaired) electrons. The van der Waals surface area contributed by atoms with Gasteiger partial charge in [0.05, 0.1) is 12.2 Å². The molecule has 144 valence electrons. The summed E-state index contributed by atoms with van der Waals surface area (Å²) in [5.74, 6) is 0.673. The fourth-order valence-corrected chi connectivity index (χ4v) is 3.63. The van der Waals surface area contributed by atoms with E-state index in [0.29, 0.717) is 23.9 Å². The fourth-order valence-electron chi connectivity index (χ4n) is 3.51. The third kappa shape index (κ3) is 3.76. The summed E-state index contributed by atoms with van der Waals surface area (Å²) in [4.78, 5) is 14.7. The number of likely N-dealkylation sites (N-methyl/N-ethyl adjacent to an activating group) is 1. The summed E-state index contributed by atoms with van der Waals surface area (Å²) in [5.41, 5.74) is 3.79. The predicted molar refractivity (Wildman–Crippen MR) is 109 cm³/mol. The van der Waals surface area contributed by atoms with E-state index in [-0.39, 0.29) is 5.91 Å². The van der Waals surface area contributed by atoms with Crippen LogP contribution in [0.4, 0.5) is 0 Å². The summed E-state index contributed by atoms with van der Waals surface area (Å²) < 4.78 is 7.63. The zero-order valence-electron chi connectivity index (χ0n) is 15.8. The number of carbonyl (C=O) groups is 1. The standard InChI is InChI=1S/C22H22ClN3O2/c1-25(14-15-28-18-12-10-16(23)11-13-18)22(27)21-19-8-5-9-20(19)26(24-21)17-6-3-2-4-7-17/h2-4,6-7,10-13H,5,8-9,14-15H2,1H3. The molecule has 2 aromatic carbocycles. The highest BCUT2D eigenvalue weighted by Gasteiger charge is 2.28. The van der Waals surface area contributed by atoms with Crippen molar-refractivity contribution in [2.75, 3.05) is 20.2 Å². The van der Waals surface area contributed by atoms with E-state index < -0.39 is 0 Å². The number of halogens is 1. The molecule has 6 heteroatoms. The first kappa shape index (κ1) is 18.6. The first-order valence-electron chi connectivity index (χ1n) is 9.43. The lowest BCUT2D eigenvalue weighted by Crippen LogP contribution is -2.31. The normalized spacial score (nSPS) is 12.6. The van der Waals surface area contributed by atoms with Crippen molar-refractivity contribution in [2.24, 2.45) is 0 Å². The van der Waals surface area contributed by atoms with E-state index in [1.54, 1.807) is 24.1 Å². The molecule has 1 aliphatic carbocycles. The molecule has 0 atom stereocenters. The summed E-state index contributed by atoms with van der Waals surface area (Å²) in [5, 5.41) is 5.34. The minimum Gasteiger partial charge on any atom is -0.492 e. The van der Waals surface area contributed by atoms with E-state index in [1.807, 2.05) is 47.1 Å². The molecule has 0 N–H and O–H groups in total. The second kappa shape index (κ2) is 8.07. The van der Waals surface area contributed by atoms with E-state index in [9.17, 15) is 4.79 Å². The van der Waals surface area contributed by atoms with Crippen LogP contribution in [0.3, 0.4) is 0 Å². The molecule has 0 bridgehead atoms. The molecule has 1 aliphatic rings. The number of para-hydroxylation sites is 1. The Kier molecular flexibility index (Phi) is 5.35. The first-order valence-corrected chi connectivity index (χ1v) is 9.81. The molecule has 0 fully saturated rings. The molecule has 1 amide bonds. The molecular formula is C22H22ClN3O2. The zero-order chi connectivity index (χ0) is 19.5. The summed E-state index contributed by atoms with van der Waals surface area (Å²) in [6.45, 7) is 0.889. The van der Waals surface area contributed by atoms with Crippen LogP contribution in [0.2, 0.25) is 5.02 Å². The third-order valence-corrected chi connectivity index (χ3v) is 5.24. The Balaban J connectivity index is 1.46. The number of carbonyl (C=O) groups excluding carboxylic acids is 1. The van der Waals surface area contributed by atoms with Gasteiger partial charge in [-0.25, -0.2) is 4.68 Å². The quantitative estimate of drug-likeness (QED) is 0.629. The van der Waals surface area contributed by atoms with E-state index in [4.69, 9.17) is 16.3 Å². The van der Waals surface area contributed by atoms with Crippen LogP contribution in [0.5, 0.6) is 5.75 Å². The van der Waals surface area contributed by atoms with Crippen molar-refractivity contribution in [2.45, 2.75) is 19.3 Å². The van der Waals surface area contributed by atoms with Gasteiger partial charge in [0.15, 0.2) is 5.69 Å². The number of ether oxygens (including phenoxy) is 1. The smallest absolute Gasteiger partial charge is 0.274 e. The fraction of sp³-hybridized carbons (Fsp3) is 0.273. The summed E-state index contributed by atoms with van der Waals surface area (Å²) in [7, 11) is 1.79. The van der Waals surface area contributed by atoms with Crippen molar-refractivity contribution in [1.29, 1.82) is 0 Å². The molecule has 3 aromatic rings. The number of aromatic nitrogens is 2. The molecule has 1 heterocycles. The molecule has 0 saturated heterocycles. The van der Waals surface area contributed by atoms with Gasteiger partial charge in [-0.15, -0.1) is 0 Å². The maximum Gasteiger partial charge on any atom is 0.274 e. The van der Waals surface area contributed by atoms with E-state index >= 15 is 0 Å².